The zero-order valence-electron chi connectivity index (χ0n) is 14.0. The minimum absolute atomic E-state index is 0.0201. The van der Waals surface area contributed by atoms with E-state index in [1.54, 1.807) is 0 Å². The summed E-state index contributed by atoms with van der Waals surface area (Å²) in [4.78, 5) is 12.5. The summed E-state index contributed by atoms with van der Waals surface area (Å²) in [5, 5.41) is 3.07. The Labute approximate surface area is 138 Å². The predicted octanol–water partition coefficient (Wildman–Crippen LogP) is 1.91. The molecular weight excluding hydrogens is 290 g/mol. The van der Waals surface area contributed by atoms with E-state index in [0.29, 0.717) is 18.6 Å². The molecule has 4 atom stereocenters. The van der Waals surface area contributed by atoms with Crippen LogP contribution in [0.4, 0.5) is 0 Å². The van der Waals surface area contributed by atoms with E-state index in [-0.39, 0.29) is 18.0 Å². The first-order valence-corrected chi connectivity index (χ1v) is 8.64. The Bertz CT molecular complexity index is 532. The highest BCUT2D eigenvalue weighted by Crippen LogP contribution is 2.30. The van der Waals surface area contributed by atoms with E-state index in [9.17, 15) is 4.79 Å². The molecule has 1 aliphatic carbocycles. The number of rotatable bonds is 5. The number of benzene rings is 1. The van der Waals surface area contributed by atoms with Gasteiger partial charge in [0, 0.05) is 12.0 Å². The molecule has 1 aromatic carbocycles. The van der Waals surface area contributed by atoms with E-state index in [0.717, 1.165) is 18.6 Å². The molecule has 5 nitrogen and oxygen atoms in total. The first-order valence-electron chi connectivity index (χ1n) is 8.64. The fraction of sp³-hybridized carbons (Fsp3) is 0.611. The summed E-state index contributed by atoms with van der Waals surface area (Å²) in [7, 11) is 0. The zero-order valence-corrected chi connectivity index (χ0v) is 14.0. The maximum Gasteiger partial charge on any atom is 0.239 e. The molecule has 3 rings (SSSR count). The molecule has 5 heteroatoms. The third-order valence-corrected chi connectivity index (χ3v) is 4.86. The number of hydrogen-bond acceptors (Lipinski definition) is 4. The Morgan fingerprint density at radius 1 is 1.26 bits per heavy atom. The van der Waals surface area contributed by atoms with Crippen LogP contribution in [0, 0.1) is 12.8 Å². The van der Waals surface area contributed by atoms with E-state index in [4.69, 9.17) is 4.74 Å². The lowest BCUT2D eigenvalue weighted by atomic mass is 9.81. The van der Waals surface area contributed by atoms with E-state index >= 15 is 0 Å². The third kappa shape index (κ3) is 4.03. The molecular formula is C18H27N3O2. The van der Waals surface area contributed by atoms with Crippen LogP contribution in [0.25, 0.3) is 0 Å². The van der Waals surface area contributed by atoms with Crippen LogP contribution in [0.3, 0.4) is 0 Å². The SMILES string of the molecule is Cc1ccc(OCC(C)NC(=O)C2NNC3CCCCC32)cc1. The van der Waals surface area contributed by atoms with Crippen LogP contribution in [-0.4, -0.2) is 30.6 Å². The second-order valence-electron chi connectivity index (χ2n) is 6.85. The molecule has 1 saturated heterocycles. The van der Waals surface area contributed by atoms with Crippen molar-refractivity contribution in [3.05, 3.63) is 29.8 Å². The monoisotopic (exact) mass is 317 g/mol. The number of hydrogen-bond donors (Lipinski definition) is 3. The van der Waals surface area contributed by atoms with E-state index in [2.05, 4.69) is 16.2 Å². The van der Waals surface area contributed by atoms with Crippen molar-refractivity contribution >= 4 is 5.91 Å². The highest BCUT2D eigenvalue weighted by molar-refractivity contribution is 5.82. The minimum atomic E-state index is -0.123. The van der Waals surface area contributed by atoms with Crippen LogP contribution in [0.15, 0.2) is 24.3 Å². The van der Waals surface area contributed by atoms with Gasteiger partial charge in [0.25, 0.3) is 0 Å². The van der Waals surface area contributed by atoms with Crippen molar-refractivity contribution in [3.63, 3.8) is 0 Å². The number of fused-ring (bicyclic) bond motifs is 1. The Kier molecular flexibility index (Phi) is 5.18. The number of amides is 1. The summed E-state index contributed by atoms with van der Waals surface area (Å²) in [5.41, 5.74) is 7.67. The number of aryl methyl sites for hydroxylation is 1. The smallest absolute Gasteiger partial charge is 0.239 e. The van der Waals surface area contributed by atoms with Crippen LogP contribution >= 0.6 is 0 Å². The molecule has 2 aliphatic rings. The lowest BCUT2D eigenvalue weighted by Crippen LogP contribution is -2.49. The van der Waals surface area contributed by atoms with Crippen molar-refractivity contribution in [2.75, 3.05) is 6.61 Å². The average Bonchev–Trinajstić information content (AvgIpc) is 2.98. The van der Waals surface area contributed by atoms with Gasteiger partial charge >= 0.3 is 0 Å². The van der Waals surface area contributed by atoms with Crippen molar-refractivity contribution in [3.8, 4) is 5.75 Å². The van der Waals surface area contributed by atoms with Gasteiger partial charge in [0.15, 0.2) is 0 Å². The minimum Gasteiger partial charge on any atom is -0.491 e. The van der Waals surface area contributed by atoms with Gasteiger partial charge < -0.3 is 10.1 Å². The standard InChI is InChI=1S/C18H27N3O2/c1-12-7-9-14(10-8-12)23-11-13(2)19-18(22)17-15-5-3-4-6-16(15)20-21-17/h7-10,13,15-17,20-21H,3-6,11H2,1-2H3,(H,19,22). The molecule has 23 heavy (non-hydrogen) atoms. The van der Waals surface area contributed by atoms with Gasteiger partial charge in [0.1, 0.15) is 18.4 Å². The molecule has 1 aliphatic heterocycles. The van der Waals surface area contributed by atoms with E-state index < -0.39 is 0 Å². The van der Waals surface area contributed by atoms with Gasteiger partial charge in [-0.2, -0.15) is 0 Å². The van der Waals surface area contributed by atoms with Gasteiger partial charge in [-0.15, -0.1) is 0 Å². The molecule has 1 heterocycles. The molecule has 4 unspecified atom stereocenters. The fourth-order valence-electron chi connectivity index (χ4n) is 3.53. The lowest BCUT2D eigenvalue weighted by Gasteiger charge is -2.27. The maximum absolute atomic E-state index is 12.5. The van der Waals surface area contributed by atoms with Crippen LogP contribution < -0.4 is 20.9 Å². The average molecular weight is 317 g/mol. The molecule has 1 aromatic rings. The molecule has 0 radical (unpaired) electrons. The van der Waals surface area contributed by atoms with Crippen LogP contribution in [0.2, 0.25) is 0 Å². The topological polar surface area (TPSA) is 62.4 Å². The largest absolute Gasteiger partial charge is 0.491 e. The second-order valence-corrected chi connectivity index (χ2v) is 6.85. The molecule has 126 valence electrons. The van der Waals surface area contributed by atoms with Crippen molar-refractivity contribution in [2.24, 2.45) is 5.92 Å². The quantitative estimate of drug-likeness (QED) is 0.776. The molecule has 2 fully saturated rings. The summed E-state index contributed by atoms with van der Waals surface area (Å²) in [6, 6.07) is 8.26. The molecule has 1 saturated carbocycles. The fourth-order valence-corrected chi connectivity index (χ4v) is 3.53. The Morgan fingerprint density at radius 2 is 2.00 bits per heavy atom. The number of nitrogens with one attached hydrogen (secondary N) is 3. The molecule has 0 spiro atoms. The van der Waals surface area contributed by atoms with Gasteiger partial charge in [-0.1, -0.05) is 30.5 Å². The first-order chi connectivity index (χ1) is 11.1. The van der Waals surface area contributed by atoms with E-state index in [1.807, 2.05) is 38.1 Å². The highest BCUT2D eigenvalue weighted by Gasteiger charge is 2.41. The van der Waals surface area contributed by atoms with Crippen molar-refractivity contribution in [1.29, 1.82) is 0 Å². The van der Waals surface area contributed by atoms with Gasteiger partial charge in [0.2, 0.25) is 5.91 Å². The van der Waals surface area contributed by atoms with Gasteiger partial charge in [-0.3, -0.25) is 10.2 Å². The van der Waals surface area contributed by atoms with Gasteiger partial charge in [-0.05, 0) is 38.8 Å². The maximum atomic E-state index is 12.5. The summed E-state index contributed by atoms with van der Waals surface area (Å²) in [5.74, 6) is 1.32. The first kappa shape index (κ1) is 16.3. The number of hydrazine groups is 1. The molecule has 0 aromatic heterocycles. The Balaban J connectivity index is 1.46. The summed E-state index contributed by atoms with van der Waals surface area (Å²) in [6.45, 7) is 4.50. The predicted molar refractivity (Wildman–Crippen MR) is 90.1 cm³/mol. The molecule has 3 N–H and O–H groups in total. The second kappa shape index (κ2) is 7.32. The Morgan fingerprint density at radius 3 is 2.78 bits per heavy atom. The van der Waals surface area contributed by atoms with Crippen LogP contribution in [-0.2, 0) is 4.79 Å². The lowest BCUT2D eigenvalue weighted by molar-refractivity contribution is -0.124. The third-order valence-electron chi connectivity index (χ3n) is 4.86. The molecule has 1 amide bonds. The Hall–Kier alpha value is -1.59. The van der Waals surface area contributed by atoms with Gasteiger partial charge in [-0.25, -0.2) is 5.43 Å². The number of carbonyl (C=O) groups excluding carboxylic acids is 1. The van der Waals surface area contributed by atoms with Crippen molar-refractivity contribution in [1.82, 2.24) is 16.2 Å². The summed E-state index contributed by atoms with van der Waals surface area (Å²) >= 11 is 0. The summed E-state index contributed by atoms with van der Waals surface area (Å²) < 4.78 is 5.74. The van der Waals surface area contributed by atoms with Crippen LogP contribution in [0.5, 0.6) is 5.75 Å². The van der Waals surface area contributed by atoms with E-state index in [1.165, 1.54) is 18.4 Å². The van der Waals surface area contributed by atoms with Crippen LogP contribution in [0.1, 0.15) is 38.2 Å². The molecule has 0 bridgehead atoms. The summed E-state index contributed by atoms with van der Waals surface area (Å²) in [6.07, 6.45) is 4.76. The number of carbonyl (C=O) groups is 1. The zero-order chi connectivity index (χ0) is 16.2. The van der Waals surface area contributed by atoms with Gasteiger partial charge in [0.05, 0.1) is 6.04 Å². The van der Waals surface area contributed by atoms with Crippen molar-refractivity contribution in [2.45, 2.75) is 57.7 Å². The van der Waals surface area contributed by atoms with Crippen molar-refractivity contribution < 1.29 is 9.53 Å². The normalized spacial score (nSPS) is 28.0. The highest BCUT2D eigenvalue weighted by atomic mass is 16.5. The number of ether oxygens (including phenoxy) is 1.